The fourth-order valence-electron chi connectivity index (χ4n) is 2.42. The highest BCUT2D eigenvalue weighted by Gasteiger charge is 2.17. The van der Waals surface area contributed by atoms with Gasteiger partial charge in [0.05, 0.1) is 25.2 Å². The molecule has 10 heteroatoms. The zero-order valence-corrected chi connectivity index (χ0v) is 17.9. The number of carbonyl (C=O) groups excluding carboxylic acids is 2. The van der Waals surface area contributed by atoms with Crippen LogP contribution in [0.5, 0.6) is 11.5 Å². The number of amides is 2. The summed E-state index contributed by atoms with van der Waals surface area (Å²) in [6.07, 6.45) is 5.88. The SMILES string of the molecule is C#CCNS(=O)(=O)c1cccc(C(=O)NNC(=O)c2ccc(OCCC)c(OC)c2)c1. The Bertz CT molecular complexity index is 1090. The van der Waals surface area contributed by atoms with Gasteiger partial charge in [-0.2, -0.15) is 4.72 Å². The molecule has 2 amide bonds. The van der Waals surface area contributed by atoms with Gasteiger partial charge in [0.1, 0.15) is 0 Å². The number of carbonyl (C=O) groups is 2. The number of rotatable bonds is 9. The van der Waals surface area contributed by atoms with Crippen molar-refractivity contribution in [2.45, 2.75) is 18.2 Å². The molecule has 0 aliphatic carbocycles. The molecular formula is C21H23N3O6S. The number of ether oxygens (including phenoxy) is 2. The highest BCUT2D eigenvalue weighted by Crippen LogP contribution is 2.28. The number of hydrazine groups is 1. The van der Waals surface area contributed by atoms with E-state index in [4.69, 9.17) is 15.9 Å². The van der Waals surface area contributed by atoms with Crippen molar-refractivity contribution in [3.63, 3.8) is 0 Å². The normalized spacial score (nSPS) is 10.6. The molecule has 0 heterocycles. The van der Waals surface area contributed by atoms with Gasteiger partial charge in [0.25, 0.3) is 11.8 Å². The number of hydrogen-bond acceptors (Lipinski definition) is 6. The van der Waals surface area contributed by atoms with Gasteiger partial charge in [-0.3, -0.25) is 20.4 Å². The third-order valence-electron chi connectivity index (χ3n) is 3.95. The van der Waals surface area contributed by atoms with E-state index in [2.05, 4.69) is 21.5 Å². The molecule has 164 valence electrons. The maximum Gasteiger partial charge on any atom is 0.269 e. The number of nitrogens with one attached hydrogen (secondary N) is 3. The first-order valence-electron chi connectivity index (χ1n) is 9.27. The molecule has 0 saturated heterocycles. The molecule has 0 radical (unpaired) electrons. The molecule has 0 bridgehead atoms. The van der Waals surface area contributed by atoms with Crippen molar-refractivity contribution in [1.82, 2.24) is 15.6 Å². The Balaban J connectivity index is 2.07. The van der Waals surface area contributed by atoms with E-state index >= 15 is 0 Å². The maximum atomic E-state index is 12.4. The van der Waals surface area contributed by atoms with E-state index in [1.54, 1.807) is 6.07 Å². The summed E-state index contributed by atoms with van der Waals surface area (Å²) in [4.78, 5) is 24.6. The van der Waals surface area contributed by atoms with E-state index in [-0.39, 0.29) is 22.6 Å². The molecule has 3 N–H and O–H groups in total. The Morgan fingerprint density at radius 3 is 2.32 bits per heavy atom. The van der Waals surface area contributed by atoms with Crippen LogP contribution in [0.15, 0.2) is 47.4 Å². The van der Waals surface area contributed by atoms with Crippen molar-refractivity contribution < 1.29 is 27.5 Å². The second-order valence-electron chi connectivity index (χ2n) is 6.18. The van der Waals surface area contributed by atoms with Crippen LogP contribution >= 0.6 is 0 Å². The minimum atomic E-state index is -3.86. The van der Waals surface area contributed by atoms with E-state index in [0.29, 0.717) is 18.1 Å². The molecule has 31 heavy (non-hydrogen) atoms. The summed E-state index contributed by atoms with van der Waals surface area (Å²) in [6.45, 7) is 2.29. The third-order valence-corrected chi connectivity index (χ3v) is 5.35. The van der Waals surface area contributed by atoms with Crippen LogP contribution in [0.25, 0.3) is 0 Å². The Morgan fingerprint density at radius 1 is 1.03 bits per heavy atom. The lowest BCUT2D eigenvalue weighted by molar-refractivity contribution is 0.0846. The molecule has 0 fully saturated rings. The topological polar surface area (TPSA) is 123 Å². The monoisotopic (exact) mass is 445 g/mol. The van der Waals surface area contributed by atoms with Crippen LogP contribution in [-0.2, 0) is 10.0 Å². The van der Waals surface area contributed by atoms with Crippen molar-refractivity contribution >= 4 is 21.8 Å². The van der Waals surface area contributed by atoms with Gasteiger partial charge < -0.3 is 9.47 Å². The van der Waals surface area contributed by atoms with Gasteiger partial charge in [-0.1, -0.05) is 18.9 Å². The lowest BCUT2D eigenvalue weighted by Crippen LogP contribution is -2.41. The van der Waals surface area contributed by atoms with Gasteiger partial charge in [-0.25, -0.2) is 8.42 Å². The van der Waals surface area contributed by atoms with Crippen molar-refractivity contribution in [1.29, 1.82) is 0 Å². The maximum absolute atomic E-state index is 12.4. The number of benzene rings is 2. The van der Waals surface area contributed by atoms with Crippen LogP contribution in [0.4, 0.5) is 0 Å². The molecule has 0 aliphatic heterocycles. The summed E-state index contributed by atoms with van der Waals surface area (Å²) in [5.41, 5.74) is 4.79. The fraction of sp³-hybridized carbons (Fsp3) is 0.238. The first-order valence-corrected chi connectivity index (χ1v) is 10.8. The van der Waals surface area contributed by atoms with E-state index in [1.807, 2.05) is 6.92 Å². The first-order chi connectivity index (χ1) is 14.8. The van der Waals surface area contributed by atoms with Crippen molar-refractivity contribution in [3.05, 3.63) is 53.6 Å². The van der Waals surface area contributed by atoms with Crippen molar-refractivity contribution in [3.8, 4) is 23.8 Å². The van der Waals surface area contributed by atoms with Crippen LogP contribution in [0.1, 0.15) is 34.1 Å². The van der Waals surface area contributed by atoms with Gasteiger partial charge in [0.2, 0.25) is 10.0 Å². The smallest absolute Gasteiger partial charge is 0.269 e. The van der Waals surface area contributed by atoms with Gasteiger partial charge in [-0.15, -0.1) is 6.42 Å². The number of hydrogen-bond donors (Lipinski definition) is 3. The quantitative estimate of drug-likeness (QED) is 0.397. The summed E-state index contributed by atoms with van der Waals surface area (Å²) in [5.74, 6) is 1.76. The van der Waals surface area contributed by atoms with Crippen LogP contribution in [-0.4, -0.2) is 40.5 Å². The molecule has 0 spiro atoms. The lowest BCUT2D eigenvalue weighted by atomic mass is 10.2. The van der Waals surface area contributed by atoms with Crippen LogP contribution in [0.2, 0.25) is 0 Å². The minimum Gasteiger partial charge on any atom is -0.493 e. The summed E-state index contributed by atoms with van der Waals surface area (Å²) in [6, 6.07) is 9.91. The van der Waals surface area contributed by atoms with Crippen LogP contribution in [0.3, 0.4) is 0 Å². The standard InChI is InChI=1S/C21H23N3O6S/c1-4-11-22-31(27,28)17-8-6-7-15(13-17)20(25)23-24-21(26)16-9-10-18(30-12-5-2)19(14-16)29-3/h1,6-10,13-14,22H,5,11-12H2,2-3H3,(H,23,25)(H,24,26). The third kappa shape index (κ3) is 6.47. The van der Waals surface area contributed by atoms with Gasteiger partial charge in [0, 0.05) is 11.1 Å². The molecule has 0 aliphatic rings. The molecule has 0 unspecified atom stereocenters. The second kappa shape index (κ2) is 11.0. The molecule has 2 aromatic carbocycles. The van der Waals surface area contributed by atoms with Crippen molar-refractivity contribution in [2.75, 3.05) is 20.3 Å². The molecule has 0 aromatic heterocycles. The molecule has 0 atom stereocenters. The highest BCUT2D eigenvalue weighted by molar-refractivity contribution is 7.89. The molecule has 2 aromatic rings. The Labute approximate surface area is 181 Å². The first kappa shape index (κ1) is 23.7. The van der Waals surface area contributed by atoms with Crippen molar-refractivity contribution in [2.24, 2.45) is 0 Å². The number of sulfonamides is 1. The highest BCUT2D eigenvalue weighted by atomic mass is 32.2. The average Bonchev–Trinajstić information content (AvgIpc) is 2.79. The average molecular weight is 445 g/mol. The summed E-state index contributed by atoms with van der Waals surface area (Å²) in [7, 11) is -2.40. The molecule has 2 rings (SSSR count). The van der Waals surface area contributed by atoms with Gasteiger partial charge in [-0.05, 0) is 42.8 Å². The van der Waals surface area contributed by atoms with E-state index < -0.39 is 21.8 Å². The number of terminal acetylenes is 1. The summed E-state index contributed by atoms with van der Waals surface area (Å²) < 4.78 is 37.3. The zero-order chi connectivity index (χ0) is 22.9. The van der Waals surface area contributed by atoms with E-state index in [9.17, 15) is 18.0 Å². The Hall–Kier alpha value is -3.55. The predicted molar refractivity (Wildman–Crippen MR) is 114 cm³/mol. The largest absolute Gasteiger partial charge is 0.493 e. The zero-order valence-electron chi connectivity index (χ0n) is 17.1. The lowest BCUT2D eigenvalue weighted by Gasteiger charge is -2.12. The Kier molecular flexibility index (Phi) is 8.43. The van der Waals surface area contributed by atoms with Gasteiger partial charge >= 0.3 is 0 Å². The summed E-state index contributed by atoms with van der Waals surface area (Å²) in [5, 5.41) is 0. The summed E-state index contributed by atoms with van der Waals surface area (Å²) >= 11 is 0. The molecule has 0 saturated carbocycles. The predicted octanol–water partition coefficient (Wildman–Crippen LogP) is 1.47. The van der Waals surface area contributed by atoms with Gasteiger partial charge in [0.15, 0.2) is 11.5 Å². The van der Waals surface area contributed by atoms with E-state index in [0.717, 1.165) is 6.42 Å². The number of methoxy groups -OCH3 is 1. The second-order valence-corrected chi connectivity index (χ2v) is 7.95. The molecule has 9 nitrogen and oxygen atoms in total. The molecular weight excluding hydrogens is 422 g/mol. The van der Waals surface area contributed by atoms with Crippen LogP contribution in [0, 0.1) is 12.3 Å². The Morgan fingerprint density at radius 2 is 1.71 bits per heavy atom. The van der Waals surface area contributed by atoms with E-state index in [1.165, 1.54) is 43.5 Å². The van der Waals surface area contributed by atoms with Crippen LogP contribution < -0.4 is 25.0 Å². The minimum absolute atomic E-state index is 0.0322. The fourth-order valence-corrected chi connectivity index (χ4v) is 3.40.